The Balaban J connectivity index is 0.00000200. The van der Waals surface area contributed by atoms with Crippen molar-refractivity contribution in [1.29, 1.82) is 0 Å². The first-order chi connectivity index (χ1) is 9.00. The Morgan fingerprint density at radius 2 is 2.20 bits per heavy atom. The van der Waals surface area contributed by atoms with Crippen molar-refractivity contribution in [3.8, 4) is 0 Å². The van der Waals surface area contributed by atoms with Gasteiger partial charge in [0.15, 0.2) is 0 Å². The highest BCUT2D eigenvalue weighted by Gasteiger charge is 2.24. The molecule has 2 rings (SSSR count). The minimum Gasteiger partial charge on any atom is -0.316 e. The number of hydrogen-bond donors (Lipinski definition) is 2. The van der Waals surface area contributed by atoms with E-state index in [1.54, 1.807) is 0 Å². The summed E-state index contributed by atoms with van der Waals surface area (Å²) in [7, 11) is -3.91. The zero-order chi connectivity index (χ0) is 13.9. The normalized spacial score (nSPS) is 19.4. The molecule has 4 nitrogen and oxygen atoms in total. The first-order valence-corrected chi connectivity index (χ1v) is 8.01. The van der Waals surface area contributed by atoms with E-state index in [0.29, 0.717) is 6.54 Å². The fraction of sp³-hybridized carbons (Fsp3) is 0.500. The molecule has 1 saturated heterocycles. The zero-order valence-electron chi connectivity index (χ0n) is 10.7. The molecule has 0 bridgehead atoms. The van der Waals surface area contributed by atoms with Gasteiger partial charge in [0.1, 0.15) is 10.7 Å². The second-order valence-corrected chi connectivity index (χ2v) is 6.73. The minimum absolute atomic E-state index is 0. The van der Waals surface area contributed by atoms with E-state index in [-0.39, 0.29) is 23.3 Å². The molecule has 1 aliphatic rings. The minimum atomic E-state index is -3.91. The van der Waals surface area contributed by atoms with Gasteiger partial charge in [-0.3, -0.25) is 0 Å². The van der Waals surface area contributed by atoms with Gasteiger partial charge in [-0.1, -0.05) is 17.7 Å². The van der Waals surface area contributed by atoms with Crippen LogP contribution in [0.25, 0.3) is 0 Å². The van der Waals surface area contributed by atoms with Crippen molar-refractivity contribution in [3.63, 3.8) is 0 Å². The summed E-state index contributed by atoms with van der Waals surface area (Å²) in [4.78, 5) is -0.472. The molecule has 0 aliphatic carbocycles. The second kappa shape index (κ2) is 7.56. The van der Waals surface area contributed by atoms with Gasteiger partial charge in [0.2, 0.25) is 10.0 Å². The maximum Gasteiger partial charge on any atom is 0.244 e. The van der Waals surface area contributed by atoms with Crippen LogP contribution in [-0.2, 0) is 10.0 Å². The van der Waals surface area contributed by atoms with Gasteiger partial charge in [-0.05, 0) is 44.0 Å². The van der Waals surface area contributed by atoms with Crippen LogP contribution >= 0.6 is 24.0 Å². The molecule has 0 spiro atoms. The first-order valence-electron chi connectivity index (χ1n) is 6.15. The van der Waals surface area contributed by atoms with E-state index >= 15 is 0 Å². The van der Waals surface area contributed by atoms with E-state index in [1.165, 1.54) is 12.1 Å². The number of piperidine rings is 1. The molecule has 114 valence electrons. The van der Waals surface area contributed by atoms with E-state index in [2.05, 4.69) is 10.0 Å². The standard InChI is InChI=1S/C12H16ClFN2O2S.ClH/c13-10-4-1-5-11(14)12(10)19(17,18)16-8-9-3-2-6-15-7-9;/h1,4-5,9,15-16H,2-3,6-8H2;1H. The summed E-state index contributed by atoms with van der Waals surface area (Å²) < 4.78 is 40.2. The number of rotatable bonds is 4. The topological polar surface area (TPSA) is 58.2 Å². The lowest BCUT2D eigenvalue weighted by Crippen LogP contribution is -2.38. The fourth-order valence-electron chi connectivity index (χ4n) is 2.14. The number of sulfonamides is 1. The van der Waals surface area contributed by atoms with Gasteiger partial charge in [0.25, 0.3) is 0 Å². The van der Waals surface area contributed by atoms with E-state index in [1.807, 2.05) is 0 Å². The van der Waals surface area contributed by atoms with Crippen LogP contribution in [0.3, 0.4) is 0 Å². The van der Waals surface area contributed by atoms with Gasteiger partial charge in [0.05, 0.1) is 5.02 Å². The van der Waals surface area contributed by atoms with Crippen LogP contribution < -0.4 is 10.0 Å². The summed E-state index contributed by atoms with van der Waals surface area (Å²) in [6.07, 6.45) is 1.98. The average molecular weight is 343 g/mol. The van der Waals surface area contributed by atoms with E-state index in [4.69, 9.17) is 11.6 Å². The summed E-state index contributed by atoms with van der Waals surface area (Å²) in [5, 5.41) is 3.10. The molecule has 1 fully saturated rings. The van der Waals surface area contributed by atoms with Gasteiger partial charge in [-0.15, -0.1) is 12.4 Å². The molecule has 1 aromatic carbocycles. The fourth-order valence-corrected chi connectivity index (χ4v) is 3.85. The van der Waals surface area contributed by atoms with E-state index in [9.17, 15) is 12.8 Å². The monoisotopic (exact) mass is 342 g/mol. The molecule has 1 heterocycles. The van der Waals surface area contributed by atoms with Crippen molar-refractivity contribution >= 4 is 34.0 Å². The van der Waals surface area contributed by atoms with Crippen LogP contribution in [0.1, 0.15) is 12.8 Å². The summed E-state index contributed by atoms with van der Waals surface area (Å²) >= 11 is 5.76. The van der Waals surface area contributed by atoms with Gasteiger partial charge in [-0.25, -0.2) is 17.5 Å². The van der Waals surface area contributed by atoms with E-state index in [0.717, 1.165) is 32.0 Å². The van der Waals surface area contributed by atoms with Crippen LogP contribution in [0.15, 0.2) is 23.1 Å². The average Bonchev–Trinajstić information content (AvgIpc) is 2.37. The molecule has 1 aromatic rings. The Morgan fingerprint density at radius 3 is 2.80 bits per heavy atom. The van der Waals surface area contributed by atoms with Crippen molar-refractivity contribution < 1.29 is 12.8 Å². The maximum absolute atomic E-state index is 13.6. The molecule has 1 aliphatic heterocycles. The Morgan fingerprint density at radius 1 is 1.45 bits per heavy atom. The van der Waals surface area contributed by atoms with Crippen LogP contribution in [0, 0.1) is 11.7 Å². The highest BCUT2D eigenvalue weighted by atomic mass is 35.5. The third-order valence-electron chi connectivity index (χ3n) is 3.15. The van der Waals surface area contributed by atoms with Crippen molar-refractivity contribution in [2.75, 3.05) is 19.6 Å². The van der Waals surface area contributed by atoms with Crippen LogP contribution in [0.5, 0.6) is 0 Å². The Kier molecular flexibility index (Phi) is 6.68. The number of halogens is 3. The summed E-state index contributed by atoms with van der Waals surface area (Å²) in [5.41, 5.74) is 0. The third-order valence-corrected chi connectivity index (χ3v) is 5.07. The lowest BCUT2D eigenvalue weighted by molar-refractivity contribution is 0.375. The smallest absolute Gasteiger partial charge is 0.244 e. The molecule has 0 radical (unpaired) electrons. The molecule has 2 N–H and O–H groups in total. The molecule has 8 heteroatoms. The Bertz CT molecular complexity index is 528. The lowest BCUT2D eigenvalue weighted by atomic mass is 10.0. The number of hydrogen-bond acceptors (Lipinski definition) is 3. The molecule has 0 amide bonds. The SMILES string of the molecule is Cl.O=S(=O)(NCC1CCCNC1)c1c(F)cccc1Cl. The van der Waals surface area contributed by atoms with Crippen LogP contribution in [-0.4, -0.2) is 28.1 Å². The van der Waals surface area contributed by atoms with Crippen LogP contribution in [0.2, 0.25) is 5.02 Å². The predicted octanol–water partition coefficient (Wildman–Crippen LogP) is 2.18. The van der Waals surface area contributed by atoms with Gasteiger partial charge < -0.3 is 5.32 Å². The first kappa shape index (κ1) is 17.7. The number of benzene rings is 1. The molecule has 1 atom stereocenters. The Labute approximate surface area is 129 Å². The second-order valence-electron chi connectivity index (χ2n) is 4.62. The number of nitrogens with one attached hydrogen (secondary N) is 2. The summed E-state index contributed by atoms with van der Waals surface area (Å²) in [6, 6.07) is 3.83. The van der Waals surface area contributed by atoms with Crippen molar-refractivity contribution in [2.24, 2.45) is 5.92 Å². The van der Waals surface area contributed by atoms with Crippen molar-refractivity contribution in [2.45, 2.75) is 17.7 Å². The van der Waals surface area contributed by atoms with Crippen molar-refractivity contribution in [1.82, 2.24) is 10.0 Å². The van der Waals surface area contributed by atoms with Gasteiger partial charge in [0, 0.05) is 6.54 Å². The largest absolute Gasteiger partial charge is 0.316 e. The highest BCUT2D eigenvalue weighted by molar-refractivity contribution is 7.89. The molecular formula is C12H17Cl2FN2O2S. The predicted molar refractivity (Wildman–Crippen MR) is 79.4 cm³/mol. The quantitative estimate of drug-likeness (QED) is 0.881. The lowest BCUT2D eigenvalue weighted by Gasteiger charge is -2.23. The molecular weight excluding hydrogens is 326 g/mol. The molecule has 0 saturated carbocycles. The summed E-state index contributed by atoms with van der Waals surface area (Å²) in [5.74, 6) is -0.601. The maximum atomic E-state index is 13.6. The highest BCUT2D eigenvalue weighted by Crippen LogP contribution is 2.24. The molecule has 1 unspecified atom stereocenters. The summed E-state index contributed by atoms with van der Waals surface area (Å²) in [6.45, 7) is 2.02. The third kappa shape index (κ3) is 4.30. The van der Waals surface area contributed by atoms with Crippen LogP contribution in [0.4, 0.5) is 4.39 Å². The van der Waals surface area contributed by atoms with Gasteiger partial charge in [-0.2, -0.15) is 0 Å². The van der Waals surface area contributed by atoms with Gasteiger partial charge >= 0.3 is 0 Å². The molecule has 0 aromatic heterocycles. The zero-order valence-corrected chi connectivity index (χ0v) is 13.1. The van der Waals surface area contributed by atoms with Crippen molar-refractivity contribution in [3.05, 3.63) is 29.0 Å². The molecule has 20 heavy (non-hydrogen) atoms. The van der Waals surface area contributed by atoms with E-state index < -0.39 is 20.7 Å². The Hall–Kier alpha value is -0.400.